The Balaban J connectivity index is 1.47. The Morgan fingerprint density at radius 2 is 1.78 bits per heavy atom. The van der Waals surface area contributed by atoms with Crippen LogP contribution in [0.25, 0.3) is 0 Å². The SMILES string of the molecule is CCCC1=C(N[C@@H](Cc2ccc(NC(=O)c3c(Cl)cncc3Cl)cc2)C(=O)O)C2(CCOCC2)C1=O. The Labute approximate surface area is 219 Å². The molecule has 2 aromatic rings. The molecular formula is C26H27Cl2N3O5. The number of aromatic nitrogens is 1. The highest BCUT2D eigenvalue weighted by Crippen LogP contribution is 2.50. The molecule has 0 radical (unpaired) electrons. The lowest BCUT2D eigenvalue weighted by Crippen LogP contribution is -2.55. The number of hydrogen-bond donors (Lipinski definition) is 3. The number of carboxylic acids is 1. The Kier molecular flexibility index (Phi) is 7.97. The molecule has 1 fully saturated rings. The molecule has 1 aliphatic carbocycles. The highest BCUT2D eigenvalue weighted by molar-refractivity contribution is 6.40. The van der Waals surface area contributed by atoms with E-state index >= 15 is 0 Å². The van der Waals surface area contributed by atoms with E-state index < -0.39 is 23.3 Å². The van der Waals surface area contributed by atoms with Crippen LogP contribution in [0.5, 0.6) is 0 Å². The van der Waals surface area contributed by atoms with E-state index in [1.807, 2.05) is 6.92 Å². The lowest BCUT2D eigenvalue weighted by molar-refractivity contribution is -0.140. The third-order valence-corrected chi connectivity index (χ3v) is 7.26. The molecule has 1 aromatic heterocycles. The van der Waals surface area contributed by atoms with Crippen LogP contribution in [-0.2, 0) is 20.7 Å². The zero-order valence-electron chi connectivity index (χ0n) is 19.8. The summed E-state index contributed by atoms with van der Waals surface area (Å²) in [5.74, 6) is -1.36. The average molecular weight is 532 g/mol. The summed E-state index contributed by atoms with van der Waals surface area (Å²) >= 11 is 12.1. The molecule has 4 rings (SSSR count). The fourth-order valence-electron chi connectivity index (χ4n) is 4.81. The third-order valence-electron chi connectivity index (χ3n) is 6.68. The lowest BCUT2D eigenvalue weighted by Gasteiger charge is -2.47. The number of pyridine rings is 1. The fraction of sp³-hybridized carbons (Fsp3) is 0.385. The number of benzene rings is 1. The van der Waals surface area contributed by atoms with Crippen molar-refractivity contribution in [2.45, 2.75) is 45.1 Å². The van der Waals surface area contributed by atoms with Crippen LogP contribution in [0.15, 0.2) is 47.9 Å². The van der Waals surface area contributed by atoms with Gasteiger partial charge in [0.15, 0.2) is 5.78 Å². The normalized spacial score (nSPS) is 17.5. The van der Waals surface area contributed by atoms with Crippen LogP contribution in [-0.4, -0.2) is 47.0 Å². The summed E-state index contributed by atoms with van der Waals surface area (Å²) in [5.41, 5.74) is 2.21. The van der Waals surface area contributed by atoms with E-state index in [-0.39, 0.29) is 27.8 Å². The number of ketones is 1. The second-order valence-corrected chi connectivity index (χ2v) is 9.81. The van der Waals surface area contributed by atoms with E-state index in [0.717, 1.165) is 17.7 Å². The quantitative estimate of drug-likeness (QED) is 0.430. The van der Waals surface area contributed by atoms with Gasteiger partial charge in [-0.15, -0.1) is 0 Å². The number of hydrogen-bond acceptors (Lipinski definition) is 6. The molecule has 1 spiro atoms. The molecule has 1 saturated heterocycles. The Hall–Kier alpha value is -2.94. The van der Waals surface area contributed by atoms with Gasteiger partial charge in [-0.2, -0.15) is 0 Å². The Bertz CT molecular complexity index is 1190. The van der Waals surface area contributed by atoms with Gasteiger partial charge >= 0.3 is 5.97 Å². The van der Waals surface area contributed by atoms with E-state index in [2.05, 4.69) is 15.6 Å². The van der Waals surface area contributed by atoms with Gasteiger partial charge in [-0.25, -0.2) is 4.79 Å². The molecule has 0 saturated carbocycles. The molecule has 0 unspecified atom stereocenters. The molecule has 10 heteroatoms. The number of carbonyl (C=O) groups is 3. The number of halogens is 2. The summed E-state index contributed by atoms with van der Waals surface area (Å²) in [6, 6.07) is 5.96. The second-order valence-electron chi connectivity index (χ2n) is 9.00. The number of nitrogens with one attached hydrogen (secondary N) is 2. The van der Waals surface area contributed by atoms with Crippen LogP contribution >= 0.6 is 23.2 Å². The molecule has 2 aliphatic rings. The van der Waals surface area contributed by atoms with Crippen molar-refractivity contribution in [2.75, 3.05) is 18.5 Å². The largest absolute Gasteiger partial charge is 0.480 e. The highest BCUT2D eigenvalue weighted by Gasteiger charge is 2.54. The fourth-order valence-corrected chi connectivity index (χ4v) is 5.35. The molecule has 190 valence electrons. The first-order valence-electron chi connectivity index (χ1n) is 11.8. The minimum Gasteiger partial charge on any atom is -0.480 e. The highest BCUT2D eigenvalue weighted by atomic mass is 35.5. The van der Waals surface area contributed by atoms with E-state index in [1.165, 1.54) is 12.4 Å². The first-order valence-corrected chi connectivity index (χ1v) is 12.6. The summed E-state index contributed by atoms with van der Waals surface area (Å²) in [7, 11) is 0. The number of Topliss-reactive ketones (excluding diaryl/α,β-unsaturated/α-hetero) is 1. The van der Waals surface area contributed by atoms with Crippen molar-refractivity contribution in [3.05, 3.63) is 69.1 Å². The topological polar surface area (TPSA) is 118 Å². The smallest absolute Gasteiger partial charge is 0.326 e. The van der Waals surface area contributed by atoms with Crippen LogP contribution < -0.4 is 10.6 Å². The number of nitrogens with zero attached hydrogens (tertiary/aromatic N) is 1. The van der Waals surface area contributed by atoms with Gasteiger partial charge in [0.25, 0.3) is 5.91 Å². The number of amides is 1. The van der Waals surface area contributed by atoms with Gasteiger partial charge < -0.3 is 20.5 Å². The van der Waals surface area contributed by atoms with Crippen LogP contribution in [0.4, 0.5) is 5.69 Å². The summed E-state index contributed by atoms with van der Waals surface area (Å²) in [5, 5.41) is 16.2. The monoisotopic (exact) mass is 531 g/mol. The number of carboxylic acid groups (broad SMARTS) is 1. The van der Waals surface area contributed by atoms with Gasteiger partial charge in [0, 0.05) is 49.0 Å². The van der Waals surface area contributed by atoms with Crippen molar-refractivity contribution in [3.63, 3.8) is 0 Å². The molecule has 1 aromatic carbocycles. The number of ether oxygens (including phenoxy) is 1. The predicted octanol–water partition coefficient (Wildman–Crippen LogP) is 4.66. The van der Waals surface area contributed by atoms with Crippen LogP contribution in [0.1, 0.15) is 48.5 Å². The van der Waals surface area contributed by atoms with E-state index in [9.17, 15) is 19.5 Å². The number of aliphatic carboxylic acids is 1. The summed E-state index contributed by atoms with van der Waals surface area (Å²) < 4.78 is 5.45. The first kappa shape index (κ1) is 26.1. The molecule has 8 nitrogen and oxygen atoms in total. The third kappa shape index (κ3) is 5.12. The molecule has 3 N–H and O–H groups in total. The molecule has 2 heterocycles. The molecule has 36 heavy (non-hydrogen) atoms. The van der Waals surface area contributed by atoms with E-state index in [0.29, 0.717) is 43.7 Å². The molecule has 1 amide bonds. The number of allylic oxidation sites excluding steroid dienone is 2. The first-order chi connectivity index (χ1) is 17.3. The number of anilines is 1. The molecule has 1 atom stereocenters. The van der Waals surface area contributed by atoms with Crippen LogP contribution in [0, 0.1) is 5.41 Å². The van der Waals surface area contributed by atoms with Gasteiger partial charge in [0.05, 0.1) is 21.0 Å². The van der Waals surface area contributed by atoms with E-state index in [4.69, 9.17) is 27.9 Å². The lowest BCUT2D eigenvalue weighted by atomic mass is 9.61. The van der Waals surface area contributed by atoms with Crippen molar-refractivity contribution in [1.82, 2.24) is 10.3 Å². The van der Waals surface area contributed by atoms with Crippen molar-refractivity contribution in [1.29, 1.82) is 0 Å². The van der Waals surface area contributed by atoms with Gasteiger partial charge in [0.1, 0.15) is 6.04 Å². The van der Waals surface area contributed by atoms with E-state index in [1.54, 1.807) is 24.3 Å². The molecule has 1 aliphatic heterocycles. The van der Waals surface area contributed by atoms with Crippen molar-refractivity contribution in [3.8, 4) is 0 Å². The Morgan fingerprint density at radius 3 is 2.36 bits per heavy atom. The minimum atomic E-state index is -1.00. The van der Waals surface area contributed by atoms with Gasteiger partial charge in [-0.1, -0.05) is 48.7 Å². The van der Waals surface area contributed by atoms with Crippen molar-refractivity contribution in [2.24, 2.45) is 5.41 Å². The minimum absolute atomic E-state index is 0.119. The maximum Gasteiger partial charge on any atom is 0.326 e. The standard InChI is InChI=1S/C26H27Cl2N3O5/c1-2-3-17-22(26(23(17)32)8-10-36-11-9-26)31-20(25(34)35)12-15-4-6-16(7-5-15)30-24(33)21-18(27)13-29-14-19(21)28/h4-7,13-14,20,31H,2-3,8-12H2,1H3,(H,30,33)(H,34,35)/t20-/m0/s1. The maximum absolute atomic E-state index is 13.0. The van der Waals surface area contributed by atoms with Crippen LogP contribution in [0.2, 0.25) is 10.0 Å². The second kappa shape index (κ2) is 11.0. The summed E-state index contributed by atoms with van der Waals surface area (Å²) in [6.07, 6.45) is 5.43. The number of carbonyl (C=O) groups excluding carboxylic acids is 2. The Morgan fingerprint density at radius 1 is 1.14 bits per heavy atom. The molecule has 0 bridgehead atoms. The van der Waals surface area contributed by atoms with Gasteiger partial charge in [-0.05, 0) is 37.0 Å². The number of rotatable bonds is 9. The van der Waals surface area contributed by atoms with Crippen LogP contribution in [0.3, 0.4) is 0 Å². The van der Waals surface area contributed by atoms with Gasteiger partial charge in [-0.3, -0.25) is 14.6 Å². The summed E-state index contributed by atoms with van der Waals surface area (Å²) in [4.78, 5) is 41.5. The summed E-state index contributed by atoms with van der Waals surface area (Å²) in [6.45, 7) is 2.97. The maximum atomic E-state index is 13.0. The van der Waals surface area contributed by atoms with Gasteiger partial charge in [0.2, 0.25) is 0 Å². The molecular weight excluding hydrogens is 505 g/mol. The average Bonchev–Trinajstić information content (AvgIpc) is 2.86. The predicted molar refractivity (Wildman–Crippen MR) is 136 cm³/mol. The zero-order chi connectivity index (χ0) is 25.9. The van der Waals surface area contributed by atoms with Crippen molar-refractivity contribution >= 4 is 46.5 Å². The van der Waals surface area contributed by atoms with Crippen molar-refractivity contribution < 1.29 is 24.2 Å². The zero-order valence-corrected chi connectivity index (χ0v) is 21.3.